The molecule has 2 aliphatic rings. The second kappa shape index (κ2) is 9.33. The number of rotatable bonds is 7. The molecule has 0 aromatic heterocycles. The minimum absolute atomic E-state index is 0.00849. The van der Waals surface area contributed by atoms with E-state index in [1.807, 2.05) is 44.7 Å². The second-order valence-electron chi connectivity index (χ2n) is 8.16. The van der Waals surface area contributed by atoms with Gasteiger partial charge in [0.25, 0.3) is 0 Å². The Morgan fingerprint density at radius 2 is 2.03 bits per heavy atom. The molecular weight excluding hydrogens is 368 g/mol. The van der Waals surface area contributed by atoms with E-state index in [4.69, 9.17) is 9.47 Å². The van der Waals surface area contributed by atoms with Gasteiger partial charge in [-0.05, 0) is 50.8 Å². The Bertz CT molecular complexity index is 781. The molecule has 1 fully saturated rings. The van der Waals surface area contributed by atoms with Crippen molar-refractivity contribution in [3.63, 3.8) is 0 Å². The molecule has 3 rings (SSSR count). The molecule has 1 saturated heterocycles. The van der Waals surface area contributed by atoms with Crippen molar-refractivity contribution < 1.29 is 19.1 Å². The Morgan fingerprint density at radius 1 is 1.31 bits per heavy atom. The van der Waals surface area contributed by atoms with E-state index in [1.165, 1.54) is 6.08 Å². The molecule has 0 saturated carbocycles. The number of carbonyl (C=O) groups is 2. The molecule has 1 unspecified atom stereocenters. The zero-order valence-corrected chi connectivity index (χ0v) is 17.9. The van der Waals surface area contributed by atoms with Crippen LogP contribution in [0, 0.1) is 5.92 Å². The highest BCUT2D eigenvalue weighted by Gasteiger charge is 2.29. The molecule has 158 valence electrons. The fourth-order valence-electron chi connectivity index (χ4n) is 3.88. The molecule has 1 N–H and O–H groups in total. The first-order chi connectivity index (χ1) is 13.9. The number of hydrogen-bond donors (Lipinski definition) is 1. The van der Waals surface area contributed by atoms with Crippen LogP contribution in [0.25, 0.3) is 6.08 Å². The van der Waals surface area contributed by atoms with E-state index < -0.39 is 6.04 Å². The van der Waals surface area contributed by atoms with Gasteiger partial charge in [0.2, 0.25) is 11.8 Å². The first-order valence-electron chi connectivity index (χ1n) is 10.6. The summed E-state index contributed by atoms with van der Waals surface area (Å²) in [7, 11) is 0. The molecule has 2 heterocycles. The van der Waals surface area contributed by atoms with Crippen LogP contribution in [-0.4, -0.2) is 48.6 Å². The standard InChI is InChI=1S/C23H32N2O4/c1-5-28-19-14-18-12-16(4)29-20(18)13-17(19)8-9-21(26)24-22(15(2)3)23(27)25-10-6-7-11-25/h8-9,13-16,22H,5-7,10-12H2,1-4H3,(H,24,26)/b9-8+/t16?,22-/m0/s1. The lowest BCUT2D eigenvalue weighted by atomic mass is 10.0. The van der Waals surface area contributed by atoms with Gasteiger partial charge in [-0.1, -0.05) is 13.8 Å². The third kappa shape index (κ3) is 5.11. The molecule has 6 heteroatoms. The number of likely N-dealkylation sites (tertiary alicyclic amines) is 1. The average molecular weight is 401 g/mol. The van der Waals surface area contributed by atoms with Crippen molar-refractivity contribution in [1.82, 2.24) is 10.2 Å². The summed E-state index contributed by atoms with van der Waals surface area (Å²) in [5.74, 6) is 1.32. The summed E-state index contributed by atoms with van der Waals surface area (Å²) in [6, 6.07) is 3.40. The number of hydrogen-bond acceptors (Lipinski definition) is 4. The number of nitrogens with one attached hydrogen (secondary N) is 1. The molecule has 0 radical (unpaired) electrons. The highest BCUT2D eigenvalue weighted by atomic mass is 16.5. The molecular formula is C23H32N2O4. The molecule has 6 nitrogen and oxygen atoms in total. The summed E-state index contributed by atoms with van der Waals surface area (Å²) >= 11 is 0. The quantitative estimate of drug-likeness (QED) is 0.714. The fourth-order valence-corrected chi connectivity index (χ4v) is 3.88. The van der Waals surface area contributed by atoms with Crippen molar-refractivity contribution >= 4 is 17.9 Å². The van der Waals surface area contributed by atoms with Crippen molar-refractivity contribution in [2.45, 2.75) is 59.1 Å². The van der Waals surface area contributed by atoms with Crippen molar-refractivity contribution in [3.8, 4) is 11.5 Å². The van der Waals surface area contributed by atoms with Crippen molar-refractivity contribution in [3.05, 3.63) is 29.3 Å². The highest BCUT2D eigenvalue weighted by molar-refractivity contribution is 5.96. The lowest BCUT2D eigenvalue weighted by Crippen LogP contribution is -2.50. The molecule has 29 heavy (non-hydrogen) atoms. The summed E-state index contributed by atoms with van der Waals surface area (Å²) in [6.07, 6.45) is 6.26. The normalized spacial score (nSPS) is 19.3. The zero-order chi connectivity index (χ0) is 21.0. The lowest BCUT2D eigenvalue weighted by Gasteiger charge is -2.26. The molecule has 2 atom stereocenters. The van der Waals surface area contributed by atoms with E-state index in [-0.39, 0.29) is 23.8 Å². The predicted octanol–water partition coefficient (Wildman–Crippen LogP) is 3.19. The van der Waals surface area contributed by atoms with Gasteiger partial charge in [-0.15, -0.1) is 0 Å². The van der Waals surface area contributed by atoms with E-state index in [9.17, 15) is 9.59 Å². The summed E-state index contributed by atoms with van der Waals surface area (Å²) in [6.45, 7) is 9.97. The number of ether oxygens (including phenoxy) is 2. The van der Waals surface area contributed by atoms with E-state index in [0.29, 0.717) is 6.61 Å². The van der Waals surface area contributed by atoms with Crippen molar-refractivity contribution in [1.29, 1.82) is 0 Å². The molecule has 1 aromatic rings. The van der Waals surface area contributed by atoms with Crippen molar-refractivity contribution in [2.24, 2.45) is 5.92 Å². The van der Waals surface area contributed by atoms with Gasteiger partial charge in [0.15, 0.2) is 0 Å². The maximum atomic E-state index is 12.7. The zero-order valence-electron chi connectivity index (χ0n) is 17.9. The Hall–Kier alpha value is -2.50. The number of amides is 2. The van der Waals surface area contributed by atoms with Gasteiger partial charge in [0, 0.05) is 36.7 Å². The molecule has 0 spiro atoms. The molecule has 2 amide bonds. The summed E-state index contributed by atoms with van der Waals surface area (Å²) in [4.78, 5) is 27.2. The summed E-state index contributed by atoms with van der Waals surface area (Å²) < 4.78 is 11.6. The lowest BCUT2D eigenvalue weighted by molar-refractivity contribution is -0.135. The van der Waals surface area contributed by atoms with Crippen LogP contribution < -0.4 is 14.8 Å². The smallest absolute Gasteiger partial charge is 0.245 e. The predicted molar refractivity (Wildman–Crippen MR) is 113 cm³/mol. The van der Waals surface area contributed by atoms with Crippen molar-refractivity contribution in [2.75, 3.05) is 19.7 Å². The highest BCUT2D eigenvalue weighted by Crippen LogP contribution is 2.35. The fraction of sp³-hybridized carbons (Fsp3) is 0.565. The van der Waals surface area contributed by atoms with Gasteiger partial charge in [0.05, 0.1) is 6.61 Å². The Labute approximate surface area is 173 Å². The van der Waals surface area contributed by atoms with Crippen LogP contribution in [0.5, 0.6) is 11.5 Å². The first kappa shape index (κ1) is 21.2. The van der Waals surface area contributed by atoms with Crippen LogP contribution in [0.4, 0.5) is 0 Å². The molecule has 2 aliphatic heterocycles. The van der Waals surface area contributed by atoms with E-state index in [0.717, 1.165) is 55.0 Å². The van der Waals surface area contributed by atoms with Gasteiger partial charge in [0.1, 0.15) is 23.6 Å². The van der Waals surface area contributed by atoms with Crippen LogP contribution in [0.1, 0.15) is 51.7 Å². The molecule has 1 aromatic carbocycles. The third-order valence-electron chi connectivity index (χ3n) is 5.39. The number of benzene rings is 1. The summed E-state index contributed by atoms with van der Waals surface area (Å²) in [5, 5.41) is 2.89. The number of carbonyl (C=O) groups excluding carboxylic acids is 2. The maximum Gasteiger partial charge on any atom is 0.245 e. The maximum absolute atomic E-state index is 12.7. The van der Waals surface area contributed by atoms with Gasteiger partial charge in [-0.2, -0.15) is 0 Å². The second-order valence-corrected chi connectivity index (χ2v) is 8.16. The largest absolute Gasteiger partial charge is 0.493 e. The van der Waals surface area contributed by atoms with E-state index in [2.05, 4.69) is 5.32 Å². The van der Waals surface area contributed by atoms with Crippen LogP contribution in [0.15, 0.2) is 18.2 Å². The van der Waals surface area contributed by atoms with Gasteiger partial charge >= 0.3 is 0 Å². The number of fused-ring (bicyclic) bond motifs is 1. The third-order valence-corrected chi connectivity index (χ3v) is 5.39. The van der Waals surface area contributed by atoms with Crippen LogP contribution in [0.3, 0.4) is 0 Å². The van der Waals surface area contributed by atoms with Crippen LogP contribution in [-0.2, 0) is 16.0 Å². The Morgan fingerprint density at radius 3 is 2.69 bits per heavy atom. The minimum Gasteiger partial charge on any atom is -0.493 e. The van der Waals surface area contributed by atoms with E-state index >= 15 is 0 Å². The first-order valence-corrected chi connectivity index (χ1v) is 10.6. The van der Waals surface area contributed by atoms with Gasteiger partial charge in [-0.25, -0.2) is 0 Å². The van der Waals surface area contributed by atoms with E-state index in [1.54, 1.807) is 6.08 Å². The Kier molecular flexibility index (Phi) is 6.83. The number of nitrogens with zero attached hydrogens (tertiary/aromatic N) is 1. The van der Waals surface area contributed by atoms with Crippen LogP contribution >= 0.6 is 0 Å². The summed E-state index contributed by atoms with van der Waals surface area (Å²) in [5.41, 5.74) is 1.92. The SMILES string of the molecule is CCOc1cc2c(cc1/C=C/C(=O)N[C@H](C(=O)N1CCCC1)C(C)C)OC(C)C2. The Balaban J connectivity index is 1.72. The monoisotopic (exact) mass is 400 g/mol. The van der Waals surface area contributed by atoms with Gasteiger partial charge in [-0.3, -0.25) is 9.59 Å². The molecule has 0 bridgehead atoms. The molecule has 0 aliphatic carbocycles. The topological polar surface area (TPSA) is 67.9 Å². The average Bonchev–Trinajstić information content (AvgIpc) is 3.32. The van der Waals surface area contributed by atoms with Gasteiger partial charge < -0.3 is 19.7 Å². The minimum atomic E-state index is -0.513. The van der Waals surface area contributed by atoms with Crippen LogP contribution in [0.2, 0.25) is 0 Å².